The minimum atomic E-state index is 0.247. The molecule has 14 heavy (non-hydrogen) atoms. The lowest BCUT2D eigenvalue weighted by atomic mass is 9.63. The second-order valence-electron chi connectivity index (χ2n) is 6.29. The smallest absolute Gasteiger partial charge is 0.0556 e. The Balaban J connectivity index is 2.53. The summed E-state index contributed by atoms with van der Waals surface area (Å²) >= 11 is 0. The molecule has 0 spiro atoms. The lowest BCUT2D eigenvalue weighted by molar-refractivity contribution is 0.0829. The maximum Gasteiger partial charge on any atom is 0.0556 e. The minimum absolute atomic E-state index is 0.247. The van der Waals surface area contributed by atoms with Gasteiger partial charge < -0.3 is 10.4 Å². The Morgan fingerprint density at radius 1 is 1.14 bits per heavy atom. The van der Waals surface area contributed by atoms with E-state index in [1.54, 1.807) is 0 Å². The van der Waals surface area contributed by atoms with Gasteiger partial charge in [-0.05, 0) is 30.1 Å². The third kappa shape index (κ3) is 3.58. The lowest BCUT2D eigenvalue weighted by Gasteiger charge is -2.45. The van der Waals surface area contributed by atoms with Gasteiger partial charge in [-0.25, -0.2) is 0 Å². The van der Waals surface area contributed by atoms with Gasteiger partial charge in [0, 0.05) is 12.6 Å². The molecule has 1 fully saturated rings. The van der Waals surface area contributed by atoms with Crippen molar-refractivity contribution in [3.8, 4) is 0 Å². The molecule has 0 aromatic heterocycles. The van der Waals surface area contributed by atoms with Gasteiger partial charge in [0.05, 0.1) is 6.61 Å². The second kappa shape index (κ2) is 4.19. The van der Waals surface area contributed by atoms with Crippen LogP contribution in [0.2, 0.25) is 0 Å². The fourth-order valence-electron chi connectivity index (χ4n) is 3.26. The van der Waals surface area contributed by atoms with E-state index >= 15 is 0 Å². The zero-order chi connectivity index (χ0) is 10.8. The number of rotatable bonds is 3. The summed E-state index contributed by atoms with van der Waals surface area (Å²) in [6.07, 6.45) is 3.77. The molecule has 0 saturated heterocycles. The summed E-state index contributed by atoms with van der Waals surface area (Å²) in [6.45, 7) is 10.4. The predicted octanol–water partition coefficient (Wildman–Crippen LogP) is 2.17. The first-order valence-electron chi connectivity index (χ1n) is 5.69. The van der Waals surface area contributed by atoms with Crippen LogP contribution in [0.4, 0.5) is 0 Å². The van der Waals surface area contributed by atoms with Crippen molar-refractivity contribution in [1.82, 2.24) is 5.32 Å². The molecule has 1 aliphatic carbocycles. The van der Waals surface area contributed by atoms with Crippen LogP contribution < -0.4 is 5.32 Å². The summed E-state index contributed by atoms with van der Waals surface area (Å²) in [7, 11) is 0. The summed E-state index contributed by atoms with van der Waals surface area (Å²) < 4.78 is 0. The molecule has 1 saturated carbocycles. The Bertz CT molecular complexity index is 171. The van der Waals surface area contributed by atoms with Crippen molar-refractivity contribution in [2.75, 3.05) is 13.2 Å². The highest BCUT2D eigenvalue weighted by Gasteiger charge is 2.37. The van der Waals surface area contributed by atoms with Gasteiger partial charge in [-0.1, -0.05) is 27.7 Å². The molecule has 0 bridgehead atoms. The average molecular weight is 199 g/mol. The molecule has 2 nitrogen and oxygen atoms in total. The van der Waals surface area contributed by atoms with Crippen molar-refractivity contribution in [2.45, 2.75) is 53.0 Å². The normalized spacial score (nSPS) is 26.4. The standard InChI is InChI=1S/C12H25NO/c1-11(2)7-10(13-5-6-14)8-12(3,4)9-11/h10,13-14H,5-9H2,1-4H3. The number of aliphatic hydroxyl groups is 1. The van der Waals surface area contributed by atoms with E-state index in [4.69, 9.17) is 5.11 Å². The van der Waals surface area contributed by atoms with Crippen LogP contribution in [0.25, 0.3) is 0 Å². The van der Waals surface area contributed by atoms with Crippen LogP contribution in [0.15, 0.2) is 0 Å². The van der Waals surface area contributed by atoms with E-state index in [0.717, 1.165) is 6.54 Å². The minimum Gasteiger partial charge on any atom is -0.395 e. The van der Waals surface area contributed by atoms with Crippen molar-refractivity contribution in [3.63, 3.8) is 0 Å². The van der Waals surface area contributed by atoms with E-state index < -0.39 is 0 Å². The molecule has 0 aromatic carbocycles. The number of aliphatic hydroxyl groups excluding tert-OH is 1. The van der Waals surface area contributed by atoms with Gasteiger partial charge in [0.15, 0.2) is 0 Å². The van der Waals surface area contributed by atoms with Crippen molar-refractivity contribution >= 4 is 0 Å². The van der Waals surface area contributed by atoms with Crippen LogP contribution in [-0.4, -0.2) is 24.3 Å². The average Bonchev–Trinajstić information content (AvgIpc) is 1.94. The van der Waals surface area contributed by atoms with Crippen LogP contribution in [-0.2, 0) is 0 Å². The van der Waals surface area contributed by atoms with E-state index in [1.165, 1.54) is 19.3 Å². The third-order valence-electron chi connectivity index (χ3n) is 3.10. The molecule has 0 amide bonds. The molecule has 1 rings (SSSR count). The zero-order valence-electron chi connectivity index (χ0n) is 10.1. The highest BCUT2D eigenvalue weighted by molar-refractivity contribution is 4.92. The van der Waals surface area contributed by atoms with Gasteiger partial charge in [0.1, 0.15) is 0 Å². The number of nitrogens with one attached hydrogen (secondary N) is 1. The largest absolute Gasteiger partial charge is 0.395 e. The SMILES string of the molecule is CC1(C)CC(NCCO)CC(C)(C)C1. The summed E-state index contributed by atoms with van der Waals surface area (Å²) in [5, 5.41) is 12.2. The molecule has 0 atom stereocenters. The van der Waals surface area contributed by atoms with Crippen molar-refractivity contribution < 1.29 is 5.11 Å². The number of hydrogen-bond donors (Lipinski definition) is 2. The van der Waals surface area contributed by atoms with E-state index in [1.807, 2.05) is 0 Å². The van der Waals surface area contributed by atoms with Crippen LogP contribution in [0.1, 0.15) is 47.0 Å². The lowest BCUT2D eigenvalue weighted by Crippen LogP contribution is -2.44. The first-order chi connectivity index (χ1) is 6.35. The first-order valence-corrected chi connectivity index (χ1v) is 5.69. The molecule has 2 N–H and O–H groups in total. The fourth-order valence-corrected chi connectivity index (χ4v) is 3.26. The van der Waals surface area contributed by atoms with E-state index in [2.05, 4.69) is 33.0 Å². The molecule has 84 valence electrons. The fraction of sp³-hybridized carbons (Fsp3) is 1.00. The second-order valence-corrected chi connectivity index (χ2v) is 6.29. The first kappa shape index (κ1) is 12.0. The monoisotopic (exact) mass is 199 g/mol. The van der Waals surface area contributed by atoms with E-state index in [0.29, 0.717) is 16.9 Å². The van der Waals surface area contributed by atoms with Gasteiger partial charge in [-0.15, -0.1) is 0 Å². The molecule has 0 heterocycles. The van der Waals surface area contributed by atoms with Gasteiger partial charge in [0.2, 0.25) is 0 Å². The topological polar surface area (TPSA) is 32.3 Å². The maximum absolute atomic E-state index is 8.79. The molecule has 2 heteroatoms. The highest BCUT2D eigenvalue weighted by atomic mass is 16.3. The maximum atomic E-state index is 8.79. The summed E-state index contributed by atoms with van der Waals surface area (Å²) in [5.41, 5.74) is 0.879. The van der Waals surface area contributed by atoms with Crippen molar-refractivity contribution in [3.05, 3.63) is 0 Å². The molecule has 0 aliphatic heterocycles. The summed E-state index contributed by atoms with van der Waals surface area (Å²) in [4.78, 5) is 0. The van der Waals surface area contributed by atoms with E-state index in [9.17, 15) is 0 Å². The van der Waals surface area contributed by atoms with Gasteiger partial charge >= 0.3 is 0 Å². The highest BCUT2D eigenvalue weighted by Crippen LogP contribution is 2.45. The third-order valence-corrected chi connectivity index (χ3v) is 3.10. The molecule has 0 aromatic rings. The number of hydrogen-bond acceptors (Lipinski definition) is 2. The summed E-state index contributed by atoms with van der Waals surface area (Å²) in [6, 6.07) is 0.584. The van der Waals surface area contributed by atoms with Crippen molar-refractivity contribution in [2.24, 2.45) is 10.8 Å². The van der Waals surface area contributed by atoms with Crippen LogP contribution in [0.5, 0.6) is 0 Å². The van der Waals surface area contributed by atoms with Gasteiger partial charge in [-0.3, -0.25) is 0 Å². The Kier molecular flexibility index (Phi) is 3.59. The Hall–Kier alpha value is -0.0800. The molecule has 0 unspecified atom stereocenters. The van der Waals surface area contributed by atoms with Gasteiger partial charge in [-0.2, -0.15) is 0 Å². The van der Waals surface area contributed by atoms with Crippen LogP contribution >= 0.6 is 0 Å². The van der Waals surface area contributed by atoms with Crippen LogP contribution in [0, 0.1) is 10.8 Å². The Morgan fingerprint density at radius 3 is 2.07 bits per heavy atom. The molecular formula is C12H25NO. The molecule has 0 radical (unpaired) electrons. The Labute approximate surface area is 88.1 Å². The quantitative estimate of drug-likeness (QED) is 0.730. The molecular weight excluding hydrogens is 174 g/mol. The van der Waals surface area contributed by atoms with Crippen molar-refractivity contribution in [1.29, 1.82) is 0 Å². The Morgan fingerprint density at radius 2 is 1.64 bits per heavy atom. The van der Waals surface area contributed by atoms with Crippen LogP contribution in [0.3, 0.4) is 0 Å². The summed E-state index contributed by atoms with van der Waals surface area (Å²) in [5.74, 6) is 0. The molecule has 1 aliphatic rings. The predicted molar refractivity (Wildman–Crippen MR) is 60.3 cm³/mol. The van der Waals surface area contributed by atoms with E-state index in [-0.39, 0.29) is 6.61 Å². The zero-order valence-corrected chi connectivity index (χ0v) is 10.1. The van der Waals surface area contributed by atoms with Gasteiger partial charge in [0.25, 0.3) is 0 Å².